The molecule has 3 rings (SSSR count). The first kappa shape index (κ1) is 24.5. The number of oxime groups is 1. The Kier molecular flexibility index (Phi) is 8.63. The van der Waals surface area contributed by atoms with Gasteiger partial charge in [-0.2, -0.15) is 5.10 Å². The molecule has 0 bridgehead atoms. The van der Waals surface area contributed by atoms with Crippen LogP contribution in [0.3, 0.4) is 0 Å². The normalized spacial score (nSPS) is 11.0. The number of hydrogen-bond donors (Lipinski definition) is 0. The molecule has 0 aliphatic carbocycles. The predicted octanol–water partition coefficient (Wildman–Crippen LogP) is 6.77. The molecule has 0 amide bonds. The summed E-state index contributed by atoms with van der Waals surface area (Å²) in [5.41, 5.74) is 1.54. The van der Waals surface area contributed by atoms with Gasteiger partial charge in [-0.15, -0.1) is 0 Å². The molecule has 0 spiro atoms. The highest BCUT2D eigenvalue weighted by Crippen LogP contribution is 2.29. The van der Waals surface area contributed by atoms with Crippen LogP contribution in [0.1, 0.15) is 25.1 Å². The average Bonchev–Trinajstić information content (AvgIpc) is 3.03. The van der Waals surface area contributed by atoms with Crippen LogP contribution < -0.4 is 14.2 Å². The summed E-state index contributed by atoms with van der Waals surface area (Å²) in [5.74, 6) is 3.23. The Morgan fingerprint density at radius 3 is 2.06 bits per heavy atom. The van der Waals surface area contributed by atoms with Crippen LogP contribution in [0.5, 0.6) is 28.9 Å². The summed E-state index contributed by atoms with van der Waals surface area (Å²) in [6, 6.07) is 14.5. The zero-order valence-electron chi connectivity index (χ0n) is 18.8. The van der Waals surface area contributed by atoms with Gasteiger partial charge in [0.05, 0.1) is 17.5 Å². The molecule has 7 nitrogen and oxygen atoms in total. The second kappa shape index (κ2) is 11.6. The van der Waals surface area contributed by atoms with Crippen molar-refractivity contribution in [1.82, 2.24) is 9.78 Å². The van der Waals surface area contributed by atoms with E-state index in [1.54, 1.807) is 29.1 Å². The Labute approximate surface area is 203 Å². The van der Waals surface area contributed by atoms with Crippen LogP contribution in [0.25, 0.3) is 0 Å². The van der Waals surface area contributed by atoms with E-state index < -0.39 is 0 Å². The fourth-order valence-corrected chi connectivity index (χ4v) is 2.88. The van der Waals surface area contributed by atoms with Gasteiger partial charge < -0.3 is 19.0 Å². The first-order chi connectivity index (χ1) is 15.8. The molecule has 0 aliphatic heterocycles. The molecule has 0 atom stereocenters. The van der Waals surface area contributed by atoms with Crippen molar-refractivity contribution >= 4 is 29.4 Å². The Hall–Kier alpha value is -3.16. The topological polar surface area (TPSA) is 67.1 Å². The molecule has 3 aromatic rings. The van der Waals surface area contributed by atoms with E-state index in [1.807, 2.05) is 64.2 Å². The molecular weight excluding hydrogens is 465 g/mol. The zero-order chi connectivity index (χ0) is 23.8. The lowest BCUT2D eigenvalue weighted by molar-refractivity contribution is 0.0873. The van der Waals surface area contributed by atoms with Crippen LogP contribution in [0.4, 0.5) is 0 Å². The van der Waals surface area contributed by atoms with Crippen LogP contribution in [0, 0.1) is 6.92 Å². The second-order valence-electron chi connectivity index (χ2n) is 7.27. The number of aryl methyl sites for hydroxylation is 2. The summed E-state index contributed by atoms with van der Waals surface area (Å²) in [4.78, 5) is 5.26. The van der Waals surface area contributed by atoms with Crippen molar-refractivity contribution < 1.29 is 19.0 Å². The van der Waals surface area contributed by atoms with Gasteiger partial charge in [0.1, 0.15) is 40.2 Å². The monoisotopic (exact) mass is 489 g/mol. The number of ether oxygens (including phenoxy) is 3. The number of aromatic nitrogens is 2. The molecule has 33 heavy (non-hydrogen) atoms. The van der Waals surface area contributed by atoms with E-state index >= 15 is 0 Å². The Morgan fingerprint density at radius 1 is 0.970 bits per heavy atom. The maximum absolute atomic E-state index is 6.05. The van der Waals surface area contributed by atoms with Gasteiger partial charge in [-0.1, -0.05) is 28.4 Å². The van der Waals surface area contributed by atoms with E-state index in [1.165, 1.54) is 0 Å². The van der Waals surface area contributed by atoms with Crippen molar-refractivity contribution in [3.63, 3.8) is 0 Å². The molecule has 0 unspecified atom stereocenters. The van der Waals surface area contributed by atoms with E-state index in [2.05, 4.69) is 10.3 Å². The molecule has 1 heterocycles. The highest BCUT2D eigenvalue weighted by atomic mass is 35.5. The average molecular weight is 490 g/mol. The van der Waals surface area contributed by atoms with E-state index in [9.17, 15) is 0 Å². The lowest BCUT2D eigenvalue weighted by Gasteiger charge is -2.10. The summed E-state index contributed by atoms with van der Waals surface area (Å²) in [5, 5.41) is 8.41. The lowest BCUT2D eigenvalue weighted by atomic mass is 10.2. The largest absolute Gasteiger partial charge is 0.489 e. The van der Waals surface area contributed by atoms with Crippen LogP contribution in [-0.2, 0) is 11.9 Å². The third-order valence-electron chi connectivity index (χ3n) is 4.25. The number of nitrogens with zero attached hydrogens (tertiary/aromatic N) is 3. The summed E-state index contributed by atoms with van der Waals surface area (Å²) in [6.07, 6.45) is 3.17. The van der Waals surface area contributed by atoms with E-state index in [0.29, 0.717) is 35.5 Å². The van der Waals surface area contributed by atoms with Gasteiger partial charge in [0.25, 0.3) is 0 Å². The predicted molar refractivity (Wildman–Crippen MR) is 130 cm³/mol. The van der Waals surface area contributed by atoms with Gasteiger partial charge in [0, 0.05) is 7.05 Å². The molecule has 174 valence electrons. The van der Waals surface area contributed by atoms with Gasteiger partial charge in [-0.25, -0.2) is 4.68 Å². The minimum Gasteiger partial charge on any atom is -0.489 e. The summed E-state index contributed by atoms with van der Waals surface area (Å²) in [6.45, 7) is 6.00. The molecule has 0 saturated carbocycles. The molecule has 1 aromatic heterocycles. The van der Waals surface area contributed by atoms with E-state index in [0.717, 1.165) is 11.3 Å². The quantitative estimate of drug-likeness (QED) is 0.232. The zero-order valence-corrected chi connectivity index (χ0v) is 20.3. The third kappa shape index (κ3) is 7.44. The maximum atomic E-state index is 6.05. The van der Waals surface area contributed by atoms with Gasteiger partial charge in [-0.3, -0.25) is 0 Å². The van der Waals surface area contributed by atoms with Crippen molar-refractivity contribution in [2.24, 2.45) is 12.2 Å². The number of rotatable bonds is 10. The minimum atomic E-state index is -0.00833. The summed E-state index contributed by atoms with van der Waals surface area (Å²) in [7, 11) is 1.81. The molecule has 0 radical (unpaired) electrons. The van der Waals surface area contributed by atoms with Crippen LogP contribution in [0.15, 0.2) is 64.3 Å². The number of benzene rings is 2. The molecule has 0 aliphatic rings. The highest BCUT2D eigenvalue weighted by Gasteiger charge is 2.14. The van der Waals surface area contributed by atoms with Crippen LogP contribution in [0.2, 0.25) is 0 Å². The van der Waals surface area contributed by atoms with Gasteiger partial charge in [-0.05, 0) is 75.4 Å². The van der Waals surface area contributed by atoms with E-state index in [4.69, 9.17) is 42.3 Å². The van der Waals surface area contributed by atoms with Crippen molar-refractivity contribution in [3.8, 4) is 28.9 Å². The van der Waals surface area contributed by atoms with Crippen molar-refractivity contribution in [2.75, 3.05) is 6.61 Å². The summed E-state index contributed by atoms with van der Waals surface area (Å²) < 4.78 is 19.3. The first-order valence-electron chi connectivity index (χ1n) is 10.2. The standard InChI is InChI=1S/C24H25Cl2N3O4/c1-16(2)33-27-15-22-17(3)28-29(4)24(22)32-21-11-9-20(10-12-21)31-19-7-5-18(6-8-19)30-14-13-23(25)26/h5-13,15-16H,14H2,1-4H3. The molecule has 0 saturated heterocycles. The fraction of sp³-hybridized carbons (Fsp3) is 0.250. The second-order valence-corrected chi connectivity index (χ2v) is 8.28. The van der Waals surface area contributed by atoms with Crippen LogP contribution >= 0.6 is 23.2 Å². The SMILES string of the molecule is Cc1nn(C)c(Oc2ccc(Oc3ccc(OCC=C(Cl)Cl)cc3)cc2)c1C=NOC(C)C. The Morgan fingerprint density at radius 2 is 1.52 bits per heavy atom. The van der Waals surface area contributed by atoms with Crippen molar-refractivity contribution in [2.45, 2.75) is 26.9 Å². The highest BCUT2D eigenvalue weighted by molar-refractivity contribution is 6.55. The van der Waals surface area contributed by atoms with Gasteiger partial charge in [0.15, 0.2) is 0 Å². The molecular formula is C24H25Cl2N3O4. The smallest absolute Gasteiger partial charge is 0.226 e. The Bertz CT molecular complexity index is 1100. The third-order valence-corrected chi connectivity index (χ3v) is 4.56. The minimum absolute atomic E-state index is 0.00833. The first-order valence-corrected chi connectivity index (χ1v) is 11.0. The maximum Gasteiger partial charge on any atom is 0.226 e. The fourth-order valence-electron chi connectivity index (χ4n) is 2.76. The van der Waals surface area contributed by atoms with Crippen LogP contribution in [-0.4, -0.2) is 28.7 Å². The molecule has 0 fully saturated rings. The van der Waals surface area contributed by atoms with Gasteiger partial charge in [0.2, 0.25) is 5.88 Å². The molecule has 9 heteroatoms. The number of halogens is 2. The van der Waals surface area contributed by atoms with Gasteiger partial charge >= 0.3 is 0 Å². The summed E-state index contributed by atoms with van der Waals surface area (Å²) >= 11 is 11.1. The Balaban J connectivity index is 1.63. The molecule has 0 N–H and O–H groups in total. The van der Waals surface area contributed by atoms with E-state index in [-0.39, 0.29) is 10.6 Å². The number of hydrogen-bond acceptors (Lipinski definition) is 6. The lowest BCUT2D eigenvalue weighted by Crippen LogP contribution is -1.98. The van der Waals surface area contributed by atoms with Crippen molar-refractivity contribution in [1.29, 1.82) is 0 Å². The van der Waals surface area contributed by atoms with Crippen molar-refractivity contribution in [3.05, 3.63) is 70.4 Å². The molecule has 2 aromatic carbocycles.